The largest absolute Gasteiger partial charge is 0.492 e. The van der Waals surface area contributed by atoms with Crippen LogP contribution in [0.4, 0.5) is 0 Å². The third kappa shape index (κ3) is 11.2. The van der Waals surface area contributed by atoms with Gasteiger partial charge in [-0.2, -0.15) is 0 Å². The average Bonchev–Trinajstić information content (AvgIpc) is 3.53. The van der Waals surface area contributed by atoms with E-state index in [1.807, 2.05) is 0 Å². The second-order valence-corrected chi connectivity index (χ2v) is 10.4. The fourth-order valence-corrected chi connectivity index (χ4v) is 4.47. The van der Waals surface area contributed by atoms with Crippen molar-refractivity contribution in [2.75, 3.05) is 39.5 Å². The van der Waals surface area contributed by atoms with Gasteiger partial charge in [0.15, 0.2) is 5.76 Å². The van der Waals surface area contributed by atoms with Crippen molar-refractivity contribution in [1.82, 2.24) is 4.90 Å². The Morgan fingerprint density at radius 3 is 1.76 bits per heavy atom. The molecule has 0 unspecified atom stereocenters. The van der Waals surface area contributed by atoms with Gasteiger partial charge < -0.3 is 60.2 Å². The van der Waals surface area contributed by atoms with Gasteiger partial charge in [-0.25, -0.2) is 0 Å². The molecule has 1 aromatic heterocycles. The SMILES string of the molecule is O=C(SCc1ccc(OCCN(C[C@H](O)[C@@H](O)[C@H](O)[C@H](O)CO)C[C@H](O)[C@@H](O)[C@H](O)[C@H](O)CO)cc1)c1ccco1. The van der Waals surface area contributed by atoms with E-state index in [0.29, 0.717) is 11.5 Å². The lowest BCUT2D eigenvalue weighted by Crippen LogP contribution is -2.53. The second kappa shape index (κ2) is 17.7. The standard InChI is InChI=1S/C26H39NO13S/c28-12-19(32)24(36)22(34)17(30)10-27(11-18(31)23(35)25(37)20(33)13-29)7-9-39-16-5-3-15(4-6-16)14-41-26(38)21-2-1-8-40-21/h1-6,8,17-20,22-25,28-37H,7,9-14H2/t17-,18-,19+,20+,22+,23+,24+,25+/m0/s1. The van der Waals surface area contributed by atoms with Crippen LogP contribution in [0.5, 0.6) is 5.75 Å². The van der Waals surface area contributed by atoms with Crippen LogP contribution >= 0.6 is 11.8 Å². The third-order valence-corrected chi connectivity index (χ3v) is 7.17. The maximum Gasteiger partial charge on any atom is 0.254 e. The van der Waals surface area contributed by atoms with E-state index < -0.39 is 75.1 Å². The van der Waals surface area contributed by atoms with Gasteiger partial charge in [0.1, 0.15) is 49.0 Å². The van der Waals surface area contributed by atoms with Gasteiger partial charge in [-0.15, -0.1) is 0 Å². The quantitative estimate of drug-likeness (QED) is 0.0762. The fourth-order valence-electron chi connectivity index (χ4n) is 3.72. The number of rotatable bonds is 19. The Morgan fingerprint density at radius 1 is 0.780 bits per heavy atom. The van der Waals surface area contributed by atoms with Crippen molar-refractivity contribution in [2.45, 2.75) is 54.6 Å². The first-order chi connectivity index (χ1) is 19.5. The van der Waals surface area contributed by atoms with Gasteiger partial charge in [0.25, 0.3) is 5.12 Å². The summed E-state index contributed by atoms with van der Waals surface area (Å²) in [5.41, 5.74) is 0.852. The van der Waals surface area contributed by atoms with Gasteiger partial charge in [0, 0.05) is 25.4 Å². The highest BCUT2D eigenvalue weighted by Crippen LogP contribution is 2.21. The Hall–Kier alpha value is -2.12. The van der Waals surface area contributed by atoms with Gasteiger partial charge in [0.2, 0.25) is 0 Å². The molecule has 232 valence electrons. The van der Waals surface area contributed by atoms with E-state index in [1.54, 1.807) is 36.4 Å². The zero-order valence-corrected chi connectivity index (χ0v) is 23.0. The van der Waals surface area contributed by atoms with Crippen LogP contribution in [0.25, 0.3) is 0 Å². The molecule has 15 heteroatoms. The number of hydrogen-bond donors (Lipinski definition) is 10. The molecule has 0 amide bonds. The topological polar surface area (TPSA) is 245 Å². The number of ether oxygens (including phenoxy) is 1. The van der Waals surface area contributed by atoms with Gasteiger partial charge >= 0.3 is 0 Å². The summed E-state index contributed by atoms with van der Waals surface area (Å²) in [6.07, 6.45) is -12.9. The maximum absolute atomic E-state index is 12.1. The number of carbonyl (C=O) groups excluding carboxylic acids is 1. The van der Waals surface area contributed by atoms with Gasteiger partial charge in [-0.05, 0) is 29.8 Å². The van der Waals surface area contributed by atoms with Crippen LogP contribution in [0.2, 0.25) is 0 Å². The van der Waals surface area contributed by atoms with Crippen LogP contribution in [-0.4, -0.2) is 149 Å². The predicted molar refractivity (Wildman–Crippen MR) is 145 cm³/mol. The molecule has 0 saturated heterocycles. The van der Waals surface area contributed by atoms with Gasteiger partial charge in [-0.1, -0.05) is 23.9 Å². The summed E-state index contributed by atoms with van der Waals surface area (Å²) in [7, 11) is 0. The van der Waals surface area contributed by atoms with E-state index in [2.05, 4.69) is 0 Å². The van der Waals surface area contributed by atoms with E-state index >= 15 is 0 Å². The number of benzene rings is 1. The summed E-state index contributed by atoms with van der Waals surface area (Å²) >= 11 is 1.08. The Bertz CT molecular complexity index is 966. The van der Waals surface area contributed by atoms with Crippen molar-refractivity contribution in [1.29, 1.82) is 0 Å². The molecule has 1 aromatic carbocycles. The highest BCUT2D eigenvalue weighted by Gasteiger charge is 2.34. The minimum Gasteiger partial charge on any atom is -0.492 e. The van der Waals surface area contributed by atoms with Crippen LogP contribution in [0.15, 0.2) is 47.1 Å². The number of aliphatic hydroxyl groups is 10. The highest BCUT2D eigenvalue weighted by atomic mass is 32.2. The summed E-state index contributed by atoms with van der Waals surface area (Å²) in [6, 6.07) is 10.1. The zero-order chi connectivity index (χ0) is 30.5. The highest BCUT2D eigenvalue weighted by molar-refractivity contribution is 8.13. The van der Waals surface area contributed by atoms with E-state index in [1.165, 1.54) is 11.2 Å². The van der Waals surface area contributed by atoms with E-state index in [9.17, 15) is 45.6 Å². The molecule has 41 heavy (non-hydrogen) atoms. The Morgan fingerprint density at radius 2 is 1.29 bits per heavy atom. The lowest BCUT2D eigenvalue weighted by molar-refractivity contribution is -0.130. The molecule has 14 nitrogen and oxygen atoms in total. The zero-order valence-electron chi connectivity index (χ0n) is 22.2. The number of thioether (sulfide) groups is 1. The molecular weight excluding hydrogens is 566 g/mol. The summed E-state index contributed by atoms with van der Waals surface area (Å²) in [4.78, 5) is 13.4. The van der Waals surface area contributed by atoms with Crippen molar-refractivity contribution < 1.29 is 65.0 Å². The van der Waals surface area contributed by atoms with Gasteiger partial charge in [0.05, 0.1) is 31.7 Å². The van der Waals surface area contributed by atoms with Crippen molar-refractivity contribution in [3.05, 3.63) is 54.0 Å². The summed E-state index contributed by atoms with van der Waals surface area (Å²) in [5, 5.41) is 97.8. The Balaban J connectivity index is 1.97. The summed E-state index contributed by atoms with van der Waals surface area (Å²) < 4.78 is 10.8. The molecule has 2 rings (SSSR count). The van der Waals surface area contributed by atoms with Crippen molar-refractivity contribution in [3.63, 3.8) is 0 Å². The van der Waals surface area contributed by atoms with Crippen LogP contribution < -0.4 is 4.74 Å². The second-order valence-electron chi connectivity index (χ2n) is 9.40. The van der Waals surface area contributed by atoms with Gasteiger partial charge in [-0.3, -0.25) is 9.69 Å². The number of nitrogens with zero attached hydrogens (tertiary/aromatic N) is 1. The molecule has 1 heterocycles. The Kier molecular flexibility index (Phi) is 15.2. The number of carbonyl (C=O) groups is 1. The monoisotopic (exact) mass is 605 g/mol. The maximum atomic E-state index is 12.1. The fraction of sp³-hybridized carbons (Fsp3) is 0.577. The normalized spacial score (nSPS) is 17.8. The first kappa shape index (κ1) is 35.1. The number of furan rings is 1. The van der Waals surface area contributed by atoms with E-state index in [0.717, 1.165) is 17.3 Å². The smallest absolute Gasteiger partial charge is 0.254 e. The molecule has 0 bridgehead atoms. The number of aliphatic hydroxyl groups excluding tert-OH is 10. The first-order valence-corrected chi connectivity index (χ1v) is 13.8. The molecule has 0 radical (unpaired) electrons. The Labute approximate surface area is 240 Å². The van der Waals surface area contributed by atoms with Crippen LogP contribution in [0.3, 0.4) is 0 Å². The molecule has 0 aliphatic heterocycles. The summed E-state index contributed by atoms with van der Waals surface area (Å²) in [5.74, 6) is 1.12. The van der Waals surface area contributed by atoms with Crippen molar-refractivity contribution in [2.24, 2.45) is 0 Å². The molecule has 0 fully saturated rings. The lowest BCUT2D eigenvalue weighted by atomic mass is 10.0. The predicted octanol–water partition coefficient (Wildman–Crippen LogP) is -3.09. The molecular formula is C26H39NO13S. The average molecular weight is 606 g/mol. The molecule has 0 aliphatic rings. The third-order valence-electron chi connectivity index (χ3n) is 6.23. The minimum absolute atomic E-state index is 0.000109. The molecule has 10 N–H and O–H groups in total. The number of hydrogen-bond acceptors (Lipinski definition) is 15. The van der Waals surface area contributed by atoms with E-state index in [4.69, 9.17) is 19.4 Å². The van der Waals surface area contributed by atoms with E-state index in [-0.39, 0.29) is 24.0 Å². The molecule has 2 aromatic rings. The molecule has 0 spiro atoms. The van der Waals surface area contributed by atoms with Crippen LogP contribution in [0, 0.1) is 0 Å². The molecule has 0 saturated carbocycles. The van der Waals surface area contributed by atoms with Crippen molar-refractivity contribution >= 4 is 16.9 Å². The van der Waals surface area contributed by atoms with Crippen molar-refractivity contribution in [3.8, 4) is 5.75 Å². The van der Waals surface area contributed by atoms with Crippen LogP contribution in [0.1, 0.15) is 16.1 Å². The summed E-state index contributed by atoms with van der Waals surface area (Å²) in [6.45, 7) is -2.54. The van der Waals surface area contributed by atoms with Crippen LogP contribution in [-0.2, 0) is 5.75 Å². The molecule has 0 aliphatic carbocycles. The minimum atomic E-state index is -1.88. The first-order valence-electron chi connectivity index (χ1n) is 12.8. The molecule has 8 atom stereocenters. The lowest BCUT2D eigenvalue weighted by Gasteiger charge is -2.33.